The van der Waals surface area contributed by atoms with Gasteiger partial charge in [-0.1, -0.05) is 18.2 Å². The molecule has 2 aromatic carbocycles. The summed E-state index contributed by atoms with van der Waals surface area (Å²) in [6.07, 6.45) is 0.472. The van der Waals surface area contributed by atoms with E-state index in [0.717, 1.165) is 17.3 Å². The molecular weight excluding hydrogens is 246 g/mol. The zero-order valence-electron chi connectivity index (χ0n) is 10.7. The Morgan fingerprint density at radius 1 is 1.16 bits per heavy atom. The van der Waals surface area contributed by atoms with Crippen LogP contribution in [0.2, 0.25) is 0 Å². The van der Waals surface area contributed by atoms with Gasteiger partial charge in [0.05, 0.1) is 11.4 Å². The second-order valence-corrected chi connectivity index (χ2v) is 4.45. The summed E-state index contributed by atoms with van der Waals surface area (Å²) in [5.74, 6) is -1.07. The van der Waals surface area contributed by atoms with E-state index in [2.05, 4.69) is 5.32 Å². The SMILES string of the molecule is Cc1cccc(N)c1NCCc1ccc(F)cc1F. The number of nitrogen functional groups attached to an aromatic ring is 1. The van der Waals surface area contributed by atoms with Gasteiger partial charge in [-0.2, -0.15) is 0 Å². The lowest BCUT2D eigenvalue weighted by molar-refractivity contribution is 0.572. The summed E-state index contributed by atoms with van der Waals surface area (Å²) >= 11 is 0. The highest BCUT2D eigenvalue weighted by Crippen LogP contribution is 2.22. The van der Waals surface area contributed by atoms with Gasteiger partial charge in [-0.05, 0) is 36.6 Å². The first-order valence-electron chi connectivity index (χ1n) is 6.11. The van der Waals surface area contributed by atoms with Crippen LogP contribution in [0.1, 0.15) is 11.1 Å². The lowest BCUT2D eigenvalue weighted by atomic mass is 10.1. The van der Waals surface area contributed by atoms with Crippen LogP contribution in [0.5, 0.6) is 0 Å². The van der Waals surface area contributed by atoms with E-state index in [-0.39, 0.29) is 0 Å². The van der Waals surface area contributed by atoms with Gasteiger partial charge < -0.3 is 11.1 Å². The third-order valence-corrected chi connectivity index (χ3v) is 3.02. The molecule has 0 fully saturated rings. The van der Waals surface area contributed by atoms with E-state index in [4.69, 9.17) is 5.73 Å². The minimum absolute atomic E-state index is 0.472. The van der Waals surface area contributed by atoms with Crippen molar-refractivity contribution in [2.45, 2.75) is 13.3 Å². The Labute approximate surface area is 111 Å². The Hall–Kier alpha value is -2.10. The fourth-order valence-corrected chi connectivity index (χ4v) is 1.98. The van der Waals surface area contributed by atoms with Crippen LogP contribution in [0, 0.1) is 18.6 Å². The summed E-state index contributed by atoms with van der Waals surface area (Å²) in [6, 6.07) is 9.28. The number of hydrogen-bond acceptors (Lipinski definition) is 2. The number of halogens is 2. The number of aryl methyl sites for hydroxylation is 1. The molecular formula is C15H16F2N2. The molecule has 2 rings (SSSR count). The Morgan fingerprint density at radius 2 is 1.95 bits per heavy atom. The molecule has 19 heavy (non-hydrogen) atoms. The predicted octanol–water partition coefficient (Wildman–Crippen LogP) is 3.51. The summed E-state index contributed by atoms with van der Waals surface area (Å²) in [5.41, 5.74) is 8.92. The monoisotopic (exact) mass is 262 g/mol. The Balaban J connectivity index is 2.00. The molecule has 0 spiro atoms. The second kappa shape index (κ2) is 5.69. The molecule has 0 saturated heterocycles. The fourth-order valence-electron chi connectivity index (χ4n) is 1.98. The van der Waals surface area contributed by atoms with E-state index < -0.39 is 11.6 Å². The normalized spacial score (nSPS) is 10.5. The molecule has 0 aliphatic carbocycles. The average Bonchev–Trinajstić information content (AvgIpc) is 2.35. The zero-order chi connectivity index (χ0) is 13.8. The van der Waals surface area contributed by atoms with Gasteiger partial charge in [0, 0.05) is 12.6 Å². The van der Waals surface area contributed by atoms with Crippen LogP contribution in [-0.4, -0.2) is 6.54 Å². The lowest BCUT2D eigenvalue weighted by Crippen LogP contribution is -2.09. The molecule has 4 heteroatoms. The molecule has 0 radical (unpaired) electrons. The number of rotatable bonds is 4. The van der Waals surface area contributed by atoms with E-state index in [1.165, 1.54) is 12.1 Å². The van der Waals surface area contributed by atoms with Crippen molar-refractivity contribution in [1.29, 1.82) is 0 Å². The summed E-state index contributed by atoms with van der Waals surface area (Å²) in [7, 11) is 0. The van der Waals surface area contributed by atoms with Crippen molar-refractivity contribution in [3.05, 3.63) is 59.2 Å². The van der Waals surface area contributed by atoms with Crippen molar-refractivity contribution in [2.24, 2.45) is 0 Å². The van der Waals surface area contributed by atoms with Gasteiger partial charge in [0.2, 0.25) is 0 Å². The molecule has 0 heterocycles. The third-order valence-electron chi connectivity index (χ3n) is 3.02. The molecule has 3 N–H and O–H groups in total. The summed E-state index contributed by atoms with van der Waals surface area (Å²) in [5, 5.41) is 3.19. The standard InChI is InChI=1S/C15H16F2N2/c1-10-3-2-4-14(18)15(10)19-8-7-11-5-6-12(16)9-13(11)17/h2-6,9,19H,7-8,18H2,1H3. The quantitative estimate of drug-likeness (QED) is 0.827. The topological polar surface area (TPSA) is 38.0 Å². The first-order chi connectivity index (χ1) is 9.08. The highest BCUT2D eigenvalue weighted by atomic mass is 19.1. The van der Waals surface area contributed by atoms with Crippen LogP contribution in [-0.2, 0) is 6.42 Å². The molecule has 0 aliphatic heterocycles. The van der Waals surface area contributed by atoms with Crippen molar-refractivity contribution < 1.29 is 8.78 Å². The molecule has 0 unspecified atom stereocenters. The van der Waals surface area contributed by atoms with Gasteiger partial charge in [0.1, 0.15) is 11.6 Å². The maximum absolute atomic E-state index is 13.4. The van der Waals surface area contributed by atoms with Gasteiger partial charge in [-0.3, -0.25) is 0 Å². The van der Waals surface area contributed by atoms with E-state index in [9.17, 15) is 8.78 Å². The maximum Gasteiger partial charge on any atom is 0.129 e. The highest BCUT2D eigenvalue weighted by Gasteiger charge is 2.05. The van der Waals surface area contributed by atoms with Crippen molar-refractivity contribution in [1.82, 2.24) is 0 Å². The Bertz CT molecular complexity index is 562. The number of anilines is 2. The second-order valence-electron chi connectivity index (χ2n) is 4.45. The summed E-state index contributed by atoms with van der Waals surface area (Å²) in [6.45, 7) is 2.49. The van der Waals surface area contributed by atoms with E-state index in [1.54, 1.807) is 0 Å². The van der Waals surface area contributed by atoms with Crippen LogP contribution in [0.4, 0.5) is 20.2 Å². The molecule has 0 saturated carbocycles. The fraction of sp³-hybridized carbons (Fsp3) is 0.200. The van der Waals surface area contributed by atoms with Gasteiger partial charge in [-0.25, -0.2) is 8.78 Å². The van der Waals surface area contributed by atoms with Crippen LogP contribution in [0.25, 0.3) is 0 Å². The summed E-state index contributed by atoms with van der Waals surface area (Å²) in [4.78, 5) is 0. The van der Waals surface area contributed by atoms with Crippen LogP contribution < -0.4 is 11.1 Å². The van der Waals surface area contributed by atoms with Crippen molar-refractivity contribution >= 4 is 11.4 Å². The molecule has 0 aromatic heterocycles. The van der Waals surface area contributed by atoms with E-state index in [1.807, 2.05) is 25.1 Å². The number of para-hydroxylation sites is 1. The zero-order valence-corrected chi connectivity index (χ0v) is 10.7. The number of nitrogens with two attached hydrogens (primary N) is 1. The van der Waals surface area contributed by atoms with Crippen LogP contribution in [0.3, 0.4) is 0 Å². The first kappa shape index (κ1) is 13.3. The number of benzene rings is 2. The minimum Gasteiger partial charge on any atom is -0.397 e. The van der Waals surface area contributed by atoms with E-state index in [0.29, 0.717) is 24.2 Å². The highest BCUT2D eigenvalue weighted by molar-refractivity contribution is 5.69. The number of hydrogen-bond donors (Lipinski definition) is 2. The third kappa shape index (κ3) is 3.22. The van der Waals surface area contributed by atoms with Crippen molar-refractivity contribution in [2.75, 3.05) is 17.6 Å². The van der Waals surface area contributed by atoms with Crippen molar-refractivity contribution in [3.8, 4) is 0 Å². The molecule has 2 aromatic rings. The predicted molar refractivity (Wildman–Crippen MR) is 74.1 cm³/mol. The molecule has 0 amide bonds. The maximum atomic E-state index is 13.4. The molecule has 0 aliphatic rings. The van der Waals surface area contributed by atoms with Crippen LogP contribution in [0.15, 0.2) is 36.4 Å². The Morgan fingerprint density at radius 3 is 2.63 bits per heavy atom. The van der Waals surface area contributed by atoms with E-state index >= 15 is 0 Å². The van der Waals surface area contributed by atoms with Gasteiger partial charge in [0.15, 0.2) is 0 Å². The largest absolute Gasteiger partial charge is 0.397 e. The van der Waals surface area contributed by atoms with Crippen LogP contribution >= 0.6 is 0 Å². The average molecular weight is 262 g/mol. The molecule has 0 atom stereocenters. The Kier molecular flexibility index (Phi) is 4.00. The summed E-state index contributed by atoms with van der Waals surface area (Å²) < 4.78 is 26.2. The smallest absolute Gasteiger partial charge is 0.129 e. The van der Waals surface area contributed by atoms with Gasteiger partial charge in [0.25, 0.3) is 0 Å². The number of nitrogens with one attached hydrogen (secondary N) is 1. The molecule has 100 valence electrons. The van der Waals surface area contributed by atoms with Gasteiger partial charge in [-0.15, -0.1) is 0 Å². The molecule has 0 bridgehead atoms. The van der Waals surface area contributed by atoms with Gasteiger partial charge >= 0.3 is 0 Å². The van der Waals surface area contributed by atoms with Crippen molar-refractivity contribution in [3.63, 3.8) is 0 Å². The lowest BCUT2D eigenvalue weighted by Gasteiger charge is -2.12. The minimum atomic E-state index is -0.558. The molecule has 2 nitrogen and oxygen atoms in total. The first-order valence-corrected chi connectivity index (χ1v) is 6.11.